The largest absolute Gasteiger partial charge is 0.496 e. The van der Waals surface area contributed by atoms with Crippen LogP contribution in [0.25, 0.3) is 11.1 Å². The van der Waals surface area contributed by atoms with Gasteiger partial charge in [-0.1, -0.05) is 24.3 Å². The van der Waals surface area contributed by atoms with Gasteiger partial charge >= 0.3 is 5.76 Å². The first-order chi connectivity index (χ1) is 12.1. The molecule has 0 fully saturated rings. The van der Waals surface area contributed by atoms with E-state index in [1.165, 1.54) is 4.57 Å². The van der Waals surface area contributed by atoms with Crippen molar-refractivity contribution in [3.05, 3.63) is 64.1 Å². The van der Waals surface area contributed by atoms with E-state index in [1.807, 2.05) is 24.3 Å². The van der Waals surface area contributed by atoms with Crippen molar-refractivity contribution < 1.29 is 13.9 Å². The number of aryl methyl sites for hydroxylation is 1. The fourth-order valence-corrected chi connectivity index (χ4v) is 2.78. The molecule has 0 atom stereocenters. The number of benzene rings is 2. The molecule has 1 amide bonds. The van der Waals surface area contributed by atoms with Crippen molar-refractivity contribution >= 4 is 17.0 Å². The number of nitrogens with zero attached hydrogens (tertiary/aromatic N) is 1. The molecule has 3 aromatic rings. The Balaban J connectivity index is 1.59. The summed E-state index contributed by atoms with van der Waals surface area (Å²) in [5, 5.41) is 2.91. The molecule has 0 unspecified atom stereocenters. The molecule has 2 aromatic carbocycles. The molecular formula is C19H20N2O4. The van der Waals surface area contributed by atoms with E-state index in [2.05, 4.69) is 5.32 Å². The molecule has 1 aromatic heterocycles. The van der Waals surface area contributed by atoms with Crippen LogP contribution >= 0.6 is 0 Å². The SMILES string of the molecule is COc1ccccc1CCNC(=O)Cc1ccc2oc(=O)n(C)c2c1. The maximum Gasteiger partial charge on any atom is 0.419 e. The van der Waals surface area contributed by atoms with Gasteiger partial charge in [-0.05, 0) is 35.7 Å². The number of methoxy groups -OCH3 is 1. The minimum Gasteiger partial charge on any atom is -0.496 e. The van der Waals surface area contributed by atoms with E-state index in [9.17, 15) is 9.59 Å². The van der Waals surface area contributed by atoms with Crippen molar-refractivity contribution in [2.75, 3.05) is 13.7 Å². The number of fused-ring (bicyclic) bond motifs is 1. The van der Waals surface area contributed by atoms with Gasteiger partial charge in [-0.3, -0.25) is 9.36 Å². The third kappa shape index (κ3) is 3.74. The molecule has 3 rings (SSSR count). The van der Waals surface area contributed by atoms with Crippen LogP contribution in [0.4, 0.5) is 0 Å². The highest BCUT2D eigenvalue weighted by Crippen LogP contribution is 2.17. The molecule has 130 valence electrons. The molecule has 0 aliphatic heterocycles. The smallest absolute Gasteiger partial charge is 0.419 e. The van der Waals surface area contributed by atoms with Gasteiger partial charge in [0.05, 0.1) is 19.0 Å². The summed E-state index contributed by atoms with van der Waals surface area (Å²) in [6.07, 6.45) is 0.951. The number of carbonyl (C=O) groups excluding carboxylic acids is 1. The van der Waals surface area contributed by atoms with Crippen molar-refractivity contribution in [3.8, 4) is 5.75 Å². The molecule has 6 nitrogen and oxygen atoms in total. The van der Waals surface area contributed by atoms with Crippen molar-refractivity contribution in [2.45, 2.75) is 12.8 Å². The van der Waals surface area contributed by atoms with Crippen molar-refractivity contribution in [1.82, 2.24) is 9.88 Å². The Hall–Kier alpha value is -3.02. The Morgan fingerprint density at radius 2 is 2.04 bits per heavy atom. The fourth-order valence-electron chi connectivity index (χ4n) is 2.78. The first-order valence-corrected chi connectivity index (χ1v) is 8.05. The molecule has 6 heteroatoms. The highest BCUT2D eigenvalue weighted by Gasteiger charge is 2.09. The molecule has 0 aliphatic rings. The van der Waals surface area contributed by atoms with Gasteiger partial charge in [0.1, 0.15) is 5.75 Å². The van der Waals surface area contributed by atoms with E-state index in [-0.39, 0.29) is 12.3 Å². The lowest BCUT2D eigenvalue weighted by molar-refractivity contribution is -0.120. The van der Waals surface area contributed by atoms with Gasteiger partial charge in [0.15, 0.2) is 5.58 Å². The first kappa shape index (κ1) is 16.8. The van der Waals surface area contributed by atoms with Crippen LogP contribution in [0.5, 0.6) is 5.75 Å². The Morgan fingerprint density at radius 3 is 2.84 bits per heavy atom. The zero-order chi connectivity index (χ0) is 17.8. The topological polar surface area (TPSA) is 73.5 Å². The van der Waals surface area contributed by atoms with Gasteiger partial charge in [0, 0.05) is 13.6 Å². The number of nitrogens with one attached hydrogen (secondary N) is 1. The van der Waals surface area contributed by atoms with Crippen LogP contribution in [0.3, 0.4) is 0 Å². The molecule has 1 heterocycles. The highest BCUT2D eigenvalue weighted by atomic mass is 16.5. The maximum atomic E-state index is 12.1. The molecule has 0 saturated carbocycles. The summed E-state index contributed by atoms with van der Waals surface area (Å²) in [6, 6.07) is 13.1. The number of oxazole rings is 1. The summed E-state index contributed by atoms with van der Waals surface area (Å²) >= 11 is 0. The Kier molecular flexibility index (Phi) is 4.88. The summed E-state index contributed by atoms with van der Waals surface area (Å²) in [4.78, 5) is 23.7. The normalized spacial score (nSPS) is 10.8. The van der Waals surface area contributed by atoms with Gasteiger partial charge in [-0.15, -0.1) is 0 Å². The van der Waals surface area contributed by atoms with Gasteiger partial charge in [-0.25, -0.2) is 4.79 Å². The number of amides is 1. The molecule has 1 N–H and O–H groups in total. The van der Waals surface area contributed by atoms with E-state index in [0.29, 0.717) is 24.1 Å². The van der Waals surface area contributed by atoms with Gasteiger partial charge in [0.2, 0.25) is 5.91 Å². The van der Waals surface area contributed by atoms with Gasteiger partial charge in [0.25, 0.3) is 0 Å². The fraction of sp³-hybridized carbons (Fsp3) is 0.263. The molecule has 0 saturated heterocycles. The maximum absolute atomic E-state index is 12.1. The number of hydrogen-bond acceptors (Lipinski definition) is 4. The lowest BCUT2D eigenvalue weighted by Gasteiger charge is -2.09. The summed E-state index contributed by atoms with van der Waals surface area (Å²) in [6.45, 7) is 0.533. The second-order valence-electron chi connectivity index (χ2n) is 5.82. The molecule has 0 bridgehead atoms. The summed E-state index contributed by atoms with van der Waals surface area (Å²) in [5.41, 5.74) is 3.09. The lowest BCUT2D eigenvalue weighted by Crippen LogP contribution is -2.27. The molecule has 0 radical (unpaired) electrons. The Morgan fingerprint density at radius 1 is 1.24 bits per heavy atom. The van der Waals surface area contributed by atoms with Crippen LogP contribution < -0.4 is 15.8 Å². The minimum absolute atomic E-state index is 0.0669. The number of aromatic nitrogens is 1. The second-order valence-corrected chi connectivity index (χ2v) is 5.82. The minimum atomic E-state index is -0.409. The van der Waals surface area contributed by atoms with Gasteiger partial charge in [-0.2, -0.15) is 0 Å². The quantitative estimate of drug-likeness (QED) is 0.745. The van der Waals surface area contributed by atoms with E-state index in [1.54, 1.807) is 32.4 Å². The Labute approximate surface area is 145 Å². The van der Waals surface area contributed by atoms with Crippen LogP contribution in [0, 0.1) is 0 Å². The second kappa shape index (κ2) is 7.25. The van der Waals surface area contributed by atoms with Crippen LogP contribution in [0.15, 0.2) is 51.7 Å². The van der Waals surface area contributed by atoms with Gasteiger partial charge < -0.3 is 14.5 Å². The summed E-state index contributed by atoms with van der Waals surface area (Å²) < 4.78 is 11.8. The van der Waals surface area contributed by atoms with Crippen molar-refractivity contribution in [1.29, 1.82) is 0 Å². The predicted molar refractivity (Wildman–Crippen MR) is 94.9 cm³/mol. The standard InChI is InChI=1S/C19H20N2O4/c1-21-15-11-13(7-8-17(15)25-19(21)23)12-18(22)20-10-9-14-5-3-4-6-16(14)24-2/h3-8,11H,9-10,12H2,1-2H3,(H,20,22). The van der Waals surface area contributed by atoms with Crippen LogP contribution in [-0.4, -0.2) is 24.1 Å². The molecule has 25 heavy (non-hydrogen) atoms. The number of rotatable bonds is 6. The number of carbonyl (C=O) groups is 1. The van der Waals surface area contributed by atoms with E-state index in [4.69, 9.17) is 9.15 Å². The Bertz CT molecular complexity index is 955. The third-order valence-electron chi connectivity index (χ3n) is 4.13. The van der Waals surface area contributed by atoms with E-state index >= 15 is 0 Å². The highest BCUT2D eigenvalue weighted by molar-refractivity contribution is 5.81. The molecular weight excluding hydrogens is 320 g/mol. The first-order valence-electron chi connectivity index (χ1n) is 8.05. The summed E-state index contributed by atoms with van der Waals surface area (Å²) in [5.74, 6) is 0.347. The van der Waals surface area contributed by atoms with E-state index in [0.717, 1.165) is 16.9 Å². The monoisotopic (exact) mass is 340 g/mol. The van der Waals surface area contributed by atoms with Crippen molar-refractivity contribution in [2.24, 2.45) is 7.05 Å². The van der Waals surface area contributed by atoms with Crippen LogP contribution in [0.1, 0.15) is 11.1 Å². The van der Waals surface area contributed by atoms with E-state index < -0.39 is 5.76 Å². The number of ether oxygens (including phenoxy) is 1. The predicted octanol–water partition coefficient (Wildman–Crippen LogP) is 2.04. The number of hydrogen-bond donors (Lipinski definition) is 1. The lowest BCUT2D eigenvalue weighted by atomic mass is 10.1. The van der Waals surface area contributed by atoms with Crippen molar-refractivity contribution in [3.63, 3.8) is 0 Å². The summed E-state index contributed by atoms with van der Waals surface area (Å²) in [7, 11) is 3.28. The third-order valence-corrected chi connectivity index (χ3v) is 4.13. The average Bonchev–Trinajstić information content (AvgIpc) is 2.90. The molecule has 0 spiro atoms. The van der Waals surface area contributed by atoms with Crippen LogP contribution in [0.2, 0.25) is 0 Å². The zero-order valence-electron chi connectivity index (χ0n) is 14.2. The zero-order valence-corrected chi connectivity index (χ0v) is 14.2. The number of para-hydroxylation sites is 1. The molecule has 0 aliphatic carbocycles. The van der Waals surface area contributed by atoms with Crippen LogP contribution in [-0.2, 0) is 24.7 Å². The average molecular weight is 340 g/mol.